The van der Waals surface area contributed by atoms with Gasteiger partial charge in [0.2, 0.25) is 0 Å². The first kappa shape index (κ1) is 19.4. The van der Waals surface area contributed by atoms with E-state index in [4.69, 9.17) is 0 Å². The molecule has 1 heterocycles. The zero-order chi connectivity index (χ0) is 19.6. The third-order valence-electron chi connectivity index (χ3n) is 5.26. The number of anilines is 1. The number of likely N-dealkylation sites (tertiary alicyclic amines) is 1. The predicted octanol–water partition coefficient (Wildman–Crippen LogP) is 3.69. The van der Waals surface area contributed by atoms with Crippen molar-refractivity contribution < 1.29 is 13.2 Å². The minimum Gasteiger partial charge on any atom is -0.339 e. The van der Waals surface area contributed by atoms with Crippen molar-refractivity contribution >= 4 is 21.6 Å². The summed E-state index contributed by atoms with van der Waals surface area (Å²) in [6.45, 7) is 5.51. The van der Waals surface area contributed by atoms with Crippen LogP contribution >= 0.6 is 0 Å². The standard InChI is InChI=1S/C21H26N2O3S/c1-16-11-13-23(14-12-16)21(24)18-8-6-9-19(15-18)27(25,26)22(3)20-10-5-4-7-17(20)2/h4-10,15-16H,11-14H2,1-3H3. The van der Waals surface area contributed by atoms with Crippen molar-refractivity contribution in [3.63, 3.8) is 0 Å². The molecule has 0 N–H and O–H groups in total. The Hall–Kier alpha value is -2.34. The number of hydrogen-bond acceptors (Lipinski definition) is 3. The van der Waals surface area contributed by atoms with Gasteiger partial charge in [0, 0.05) is 25.7 Å². The highest BCUT2D eigenvalue weighted by Crippen LogP contribution is 2.26. The Bertz CT molecular complexity index is 932. The molecule has 1 saturated heterocycles. The molecule has 6 heteroatoms. The Balaban J connectivity index is 1.88. The zero-order valence-electron chi connectivity index (χ0n) is 16.1. The van der Waals surface area contributed by atoms with E-state index >= 15 is 0 Å². The van der Waals surface area contributed by atoms with E-state index in [0.717, 1.165) is 31.5 Å². The van der Waals surface area contributed by atoms with Crippen LogP contribution in [0, 0.1) is 12.8 Å². The average molecular weight is 387 g/mol. The number of hydrogen-bond donors (Lipinski definition) is 0. The lowest BCUT2D eigenvalue weighted by atomic mass is 9.98. The molecule has 0 radical (unpaired) electrons. The number of piperidine rings is 1. The number of rotatable bonds is 4. The molecule has 0 spiro atoms. The van der Waals surface area contributed by atoms with E-state index < -0.39 is 10.0 Å². The van der Waals surface area contributed by atoms with E-state index in [2.05, 4.69) is 6.92 Å². The minimum atomic E-state index is -3.75. The van der Waals surface area contributed by atoms with E-state index in [1.165, 1.54) is 17.4 Å². The maximum Gasteiger partial charge on any atom is 0.264 e. The van der Waals surface area contributed by atoms with E-state index in [-0.39, 0.29) is 10.8 Å². The first-order valence-electron chi connectivity index (χ1n) is 9.24. The van der Waals surface area contributed by atoms with Crippen molar-refractivity contribution in [2.75, 3.05) is 24.4 Å². The topological polar surface area (TPSA) is 57.7 Å². The van der Waals surface area contributed by atoms with Crippen molar-refractivity contribution in [2.24, 2.45) is 5.92 Å². The third kappa shape index (κ3) is 4.00. The summed E-state index contributed by atoms with van der Waals surface area (Å²) in [5, 5.41) is 0. The Morgan fingerprint density at radius 3 is 2.41 bits per heavy atom. The SMILES string of the molecule is Cc1ccccc1N(C)S(=O)(=O)c1cccc(C(=O)N2CCC(C)CC2)c1. The number of aryl methyl sites for hydroxylation is 1. The number of sulfonamides is 1. The molecule has 144 valence electrons. The van der Waals surface area contributed by atoms with Crippen molar-refractivity contribution in [2.45, 2.75) is 31.6 Å². The summed E-state index contributed by atoms with van der Waals surface area (Å²) in [5.74, 6) is 0.529. The first-order valence-corrected chi connectivity index (χ1v) is 10.7. The molecule has 0 unspecified atom stereocenters. The summed E-state index contributed by atoms with van der Waals surface area (Å²) in [6.07, 6.45) is 1.97. The van der Waals surface area contributed by atoms with Gasteiger partial charge in [-0.2, -0.15) is 0 Å². The molecule has 1 aliphatic heterocycles. The van der Waals surface area contributed by atoms with Gasteiger partial charge in [0.25, 0.3) is 15.9 Å². The van der Waals surface area contributed by atoms with E-state index in [1.54, 1.807) is 24.3 Å². The van der Waals surface area contributed by atoms with Crippen LogP contribution in [0.3, 0.4) is 0 Å². The van der Waals surface area contributed by atoms with E-state index in [9.17, 15) is 13.2 Å². The number of carbonyl (C=O) groups excluding carboxylic acids is 1. The van der Waals surface area contributed by atoms with Crippen molar-refractivity contribution in [3.05, 3.63) is 59.7 Å². The van der Waals surface area contributed by atoms with Crippen LogP contribution < -0.4 is 4.31 Å². The maximum absolute atomic E-state index is 13.1. The Morgan fingerprint density at radius 2 is 1.74 bits per heavy atom. The van der Waals surface area contributed by atoms with Gasteiger partial charge in [-0.3, -0.25) is 9.10 Å². The second-order valence-electron chi connectivity index (χ2n) is 7.26. The monoisotopic (exact) mass is 386 g/mol. The maximum atomic E-state index is 13.1. The fraction of sp³-hybridized carbons (Fsp3) is 0.381. The van der Waals surface area contributed by atoms with Crippen molar-refractivity contribution in [3.8, 4) is 0 Å². The first-order chi connectivity index (χ1) is 12.8. The molecule has 0 atom stereocenters. The highest BCUT2D eigenvalue weighted by molar-refractivity contribution is 7.92. The summed E-state index contributed by atoms with van der Waals surface area (Å²) in [5.41, 5.74) is 1.92. The molecule has 0 bridgehead atoms. The molecule has 0 aliphatic carbocycles. The van der Waals surface area contributed by atoms with Gasteiger partial charge >= 0.3 is 0 Å². The molecule has 2 aromatic carbocycles. The minimum absolute atomic E-state index is 0.0995. The van der Waals surface area contributed by atoms with Crippen LogP contribution in [-0.2, 0) is 10.0 Å². The molecule has 5 nitrogen and oxygen atoms in total. The smallest absolute Gasteiger partial charge is 0.264 e. The van der Waals surface area contributed by atoms with E-state index in [1.807, 2.05) is 30.0 Å². The van der Waals surface area contributed by atoms with Crippen molar-refractivity contribution in [1.29, 1.82) is 0 Å². The van der Waals surface area contributed by atoms with Crippen LogP contribution in [0.2, 0.25) is 0 Å². The van der Waals surface area contributed by atoms with Crippen LogP contribution in [0.1, 0.15) is 35.7 Å². The van der Waals surface area contributed by atoms with Crippen LogP contribution in [-0.4, -0.2) is 39.4 Å². The molecular weight excluding hydrogens is 360 g/mol. The van der Waals surface area contributed by atoms with Gasteiger partial charge in [-0.25, -0.2) is 8.42 Å². The summed E-state index contributed by atoms with van der Waals surface area (Å²) in [4.78, 5) is 14.7. The van der Waals surface area contributed by atoms with Gasteiger partial charge in [-0.1, -0.05) is 31.2 Å². The van der Waals surface area contributed by atoms with Crippen LogP contribution in [0.5, 0.6) is 0 Å². The van der Waals surface area contributed by atoms with Gasteiger partial charge in [-0.15, -0.1) is 0 Å². The van der Waals surface area contributed by atoms with Crippen LogP contribution in [0.15, 0.2) is 53.4 Å². The van der Waals surface area contributed by atoms with Crippen molar-refractivity contribution in [1.82, 2.24) is 4.90 Å². The predicted molar refractivity (Wildman–Crippen MR) is 108 cm³/mol. The number of amides is 1. The van der Waals surface area contributed by atoms with Gasteiger partial charge in [-0.05, 0) is 55.5 Å². The molecule has 2 aromatic rings. The lowest BCUT2D eigenvalue weighted by Crippen LogP contribution is -2.38. The van der Waals surface area contributed by atoms with Gasteiger partial charge < -0.3 is 4.90 Å². The number of carbonyl (C=O) groups is 1. The largest absolute Gasteiger partial charge is 0.339 e. The molecule has 1 aliphatic rings. The molecule has 1 fully saturated rings. The Labute approximate surface area is 161 Å². The molecule has 3 rings (SSSR count). The number of benzene rings is 2. The number of nitrogens with zero attached hydrogens (tertiary/aromatic N) is 2. The summed E-state index contributed by atoms with van der Waals surface area (Å²) >= 11 is 0. The van der Waals surface area contributed by atoms with Crippen LogP contribution in [0.25, 0.3) is 0 Å². The van der Waals surface area contributed by atoms with Crippen LogP contribution in [0.4, 0.5) is 5.69 Å². The molecule has 1 amide bonds. The summed E-state index contributed by atoms with van der Waals surface area (Å²) < 4.78 is 27.4. The van der Waals surface area contributed by atoms with Gasteiger partial charge in [0.1, 0.15) is 0 Å². The lowest BCUT2D eigenvalue weighted by molar-refractivity contribution is 0.0697. The normalized spacial score (nSPS) is 15.6. The highest BCUT2D eigenvalue weighted by Gasteiger charge is 2.25. The Kier molecular flexibility index (Phi) is 5.56. The summed E-state index contributed by atoms with van der Waals surface area (Å²) in [7, 11) is -2.21. The Morgan fingerprint density at radius 1 is 1.07 bits per heavy atom. The van der Waals surface area contributed by atoms with Gasteiger partial charge in [0.15, 0.2) is 0 Å². The molecule has 0 saturated carbocycles. The van der Waals surface area contributed by atoms with E-state index in [0.29, 0.717) is 17.2 Å². The summed E-state index contributed by atoms with van der Waals surface area (Å²) in [6, 6.07) is 13.7. The molecule has 27 heavy (non-hydrogen) atoms. The van der Waals surface area contributed by atoms with Gasteiger partial charge in [0.05, 0.1) is 10.6 Å². The second kappa shape index (κ2) is 7.72. The fourth-order valence-corrected chi connectivity index (χ4v) is 4.69. The highest BCUT2D eigenvalue weighted by atomic mass is 32.2. The molecular formula is C21H26N2O3S. The average Bonchev–Trinajstić information content (AvgIpc) is 2.68. The number of para-hydroxylation sites is 1. The fourth-order valence-electron chi connectivity index (χ4n) is 3.39. The zero-order valence-corrected chi connectivity index (χ0v) is 16.9. The lowest BCUT2D eigenvalue weighted by Gasteiger charge is -2.30. The third-order valence-corrected chi connectivity index (χ3v) is 7.03. The second-order valence-corrected chi connectivity index (χ2v) is 9.23. The quantitative estimate of drug-likeness (QED) is 0.805. The molecule has 0 aromatic heterocycles.